The van der Waals surface area contributed by atoms with Gasteiger partial charge in [-0.05, 0) is 12.0 Å². The van der Waals surface area contributed by atoms with Crippen LogP contribution >= 0.6 is 11.8 Å². The third-order valence-electron chi connectivity index (χ3n) is 3.34. The summed E-state index contributed by atoms with van der Waals surface area (Å²) in [5.74, 6) is -0.0725. The Morgan fingerprint density at radius 3 is 2.75 bits per heavy atom. The first-order chi connectivity index (χ1) is 9.63. The molecule has 1 aliphatic rings. The Labute approximate surface area is 122 Å². The Bertz CT molecular complexity index is 481. The number of hydrogen-bond acceptors (Lipinski definition) is 3. The van der Waals surface area contributed by atoms with Crippen molar-refractivity contribution in [2.75, 3.05) is 11.6 Å². The summed E-state index contributed by atoms with van der Waals surface area (Å²) < 4.78 is 0. The molecule has 1 fully saturated rings. The summed E-state index contributed by atoms with van der Waals surface area (Å²) in [7, 11) is 0. The van der Waals surface area contributed by atoms with Gasteiger partial charge in [-0.15, -0.1) is 11.8 Å². The van der Waals surface area contributed by atoms with Crippen molar-refractivity contribution in [3.63, 3.8) is 0 Å². The van der Waals surface area contributed by atoms with Gasteiger partial charge in [0, 0.05) is 5.75 Å². The van der Waals surface area contributed by atoms with Gasteiger partial charge in [-0.2, -0.15) is 0 Å². The first-order valence-electron chi connectivity index (χ1n) is 6.56. The normalized spacial score (nSPS) is 19.6. The molecule has 0 saturated carbocycles. The Morgan fingerprint density at radius 1 is 1.45 bits per heavy atom. The van der Waals surface area contributed by atoms with Crippen LogP contribution in [0, 0.1) is 0 Å². The van der Waals surface area contributed by atoms with E-state index >= 15 is 0 Å². The zero-order valence-electron chi connectivity index (χ0n) is 11.3. The van der Waals surface area contributed by atoms with Crippen LogP contribution in [0.3, 0.4) is 0 Å². The van der Waals surface area contributed by atoms with Crippen LogP contribution in [0.5, 0.6) is 0 Å². The molecule has 6 heteroatoms. The molecule has 2 N–H and O–H groups in total. The van der Waals surface area contributed by atoms with E-state index in [4.69, 9.17) is 5.11 Å². The van der Waals surface area contributed by atoms with Crippen LogP contribution < -0.4 is 5.32 Å². The topological polar surface area (TPSA) is 69.6 Å². The molecule has 0 radical (unpaired) electrons. The van der Waals surface area contributed by atoms with Crippen molar-refractivity contribution in [2.45, 2.75) is 25.4 Å². The summed E-state index contributed by atoms with van der Waals surface area (Å²) in [6.07, 6.45) is 0.758. The molecule has 2 unspecified atom stereocenters. The van der Waals surface area contributed by atoms with E-state index in [1.54, 1.807) is 0 Å². The molecule has 108 valence electrons. The number of amides is 2. The third kappa shape index (κ3) is 3.25. The first kappa shape index (κ1) is 14.7. The number of urea groups is 1. The summed E-state index contributed by atoms with van der Waals surface area (Å²) in [6, 6.07) is 8.57. The molecule has 1 saturated heterocycles. The molecule has 2 rings (SSSR count). The number of nitrogens with one attached hydrogen (secondary N) is 1. The van der Waals surface area contributed by atoms with E-state index in [-0.39, 0.29) is 12.1 Å². The maximum absolute atomic E-state index is 12.2. The van der Waals surface area contributed by atoms with E-state index in [9.17, 15) is 9.59 Å². The van der Waals surface area contributed by atoms with Gasteiger partial charge in [0.15, 0.2) is 0 Å². The van der Waals surface area contributed by atoms with Gasteiger partial charge in [0.25, 0.3) is 0 Å². The van der Waals surface area contributed by atoms with Gasteiger partial charge in [0.05, 0.1) is 11.9 Å². The smallest absolute Gasteiger partial charge is 0.327 e. The lowest BCUT2D eigenvalue weighted by Gasteiger charge is -2.25. The van der Waals surface area contributed by atoms with Crippen molar-refractivity contribution in [3.8, 4) is 0 Å². The third-order valence-corrected chi connectivity index (χ3v) is 4.35. The zero-order chi connectivity index (χ0) is 14.5. The van der Waals surface area contributed by atoms with Crippen LogP contribution in [0.2, 0.25) is 0 Å². The molecule has 0 aromatic heterocycles. The van der Waals surface area contributed by atoms with Gasteiger partial charge in [-0.25, -0.2) is 9.59 Å². The Balaban J connectivity index is 2.04. The first-order valence-corrected chi connectivity index (χ1v) is 7.71. The molecule has 0 bridgehead atoms. The van der Waals surface area contributed by atoms with Crippen LogP contribution in [-0.4, -0.2) is 39.7 Å². The monoisotopic (exact) mass is 294 g/mol. The summed E-state index contributed by atoms with van der Waals surface area (Å²) in [5, 5.41) is 12.0. The van der Waals surface area contributed by atoms with Gasteiger partial charge in [-0.1, -0.05) is 37.3 Å². The Kier molecular flexibility index (Phi) is 4.89. The van der Waals surface area contributed by atoms with Crippen molar-refractivity contribution >= 4 is 23.8 Å². The molecular weight excluding hydrogens is 276 g/mol. The molecular formula is C14H18N2O3S. The molecule has 2 atom stereocenters. The molecule has 1 aliphatic heterocycles. The number of carbonyl (C=O) groups is 2. The number of rotatable bonds is 4. The standard InChI is InChI=1S/C14H18N2O3S/c1-2-11(10-6-4-3-5-7-10)15-14(19)16-9-20-8-12(16)13(17)18/h3-7,11-12H,2,8-9H2,1H3,(H,15,19)(H,17,18). The largest absolute Gasteiger partial charge is 0.480 e. The second kappa shape index (κ2) is 6.65. The summed E-state index contributed by atoms with van der Waals surface area (Å²) in [5.41, 5.74) is 1.03. The number of benzene rings is 1. The number of hydrogen-bond donors (Lipinski definition) is 2. The lowest BCUT2D eigenvalue weighted by molar-refractivity contribution is -0.140. The fourth-order valence-corrected chi connectivity index (χ4v) is 3.33. The second-order valence-electron chi connectivity index (χ2n) is 4.64. The van der Waals surface area contributed by atoms with Crippen LogP contribution in [0.15, 0.2) is 30.3 Å². The molecule has 2 amide bonds. The Hall–Kier alpha value is -1.69. The Morgan fingerprint density at radius 2 is 2.15 bits per heavy atom. The van der Waals surface area contributed by atoms with Crippen molar-refractivity contribution in [3.05, 3.63) is 35.9 Å². The molecule has 1 aromatic rings. The van der Waals surface area contributed by atoms with Crippen molar-refractivity contribution in [2.24, 2.45) is 0 Å². The molecule has 1 aromatic carbocycles. The maximum atomic E-state index is 12.2. The average Bonchev–Trinajstić information content (AvgIpc) is 2.95. The van der Waals surface area contributed by atoms with E-state index in [2.05, 4.69) is 5.32 Å². The number of nitrogens with zero attached hydrogens (tertiary/aromatic N) is 1. The lowest BCUT2D eigenvalue weighted by atomic mass is 10.1. The van der Waals surface area contributed by atoms with Gasteiger partial charge < -0.3 is 15.3 Å². The number of aliphatic carboxylic acids is 1. The minimum absolute atomic E-state index is 0.0938. The summed E-state index contributed by atoms with van der Waals surface area (Å²) in [6.45, 7) is 1.99. The van der Waals surface area contributed by atoms with E-state index in [1.807, 2.05) is 37.3 Å². The van der Waals surface area contributed by atoms with Gasteiger partial charge in [-0.3, -0.25) is 0 Å². The van der Waals surface area contributed by atoms with Crippen molar-refractivity contribution in [1.82, 2.24) is 10.2 Å². The molecule has 20 heavy (non-hydrogen) atoms. The van der Waals surface area contributed by atoms with Crippen LogP contribution in [0.1, 0.15) is 24.9 Å². The van der Waals surface area contributed by atoms with E-state index in [1.165, 1.54) is 16.7 Å². The highest BCUT2D eigenvalue weighted by atomic mass is 32.2. The number of carboxylic acid groups (broad SMARTS) is 1. The predicted molar refractivity (Wildman–Crippen MR) is 78.6 cm³/mol. The van der Waals surface area contributed by atoms with Gasteiger partial charge in [0.1, 0.15) is 6.04 Å². The molecule has 0 spiro atoms. The van der Waals surface area contributed by atoms with Crippen LogP contribution in [0.4, 0.5) is 4.79 Å². The van der Waals surface area contributed by atoms with Crippen molar-refractivity contribution < 1.29 is 14.7 Å². The predicted octanol–water partition coefficient (Wildman–Crippen LogP) is 2.31. The summed E-state index contributed by atoms with van der Waals surface area (Å²) >= 11 is 1.46. The quantitative estimate of drug-likeness (QED) is 0.894. The van der Waals surface area contributed by atoms with Gasteiger partial charge in [0.2, 0.25) is 0 Å². The van der Waals surface area contributed by atoms with E-state index in [0.717, 1.165) is 12.0 Å². The number of carbonyl (C=O) groups excluding carboxylic acids is 1. The minimum atomic E-state index is -0.946. The average molecular weight is 294 g/mol. The fourth-order valence-electron chi connectivity index (χ4n) is 2.19. The molecule has 5 nitrogen and oxygen atoms in total. The highest BCUT2D eigenvalue weighted by molar-refractivity contribution is 7.99. The number of thioether (sulfide) groups is 1. The molecule has 1 heterocycles. The SMILES string of the molecule is CCC(NC(=O)N1CSCC1C(=O)O)c1ccccc1. The van der Waals surface area contributed by atoms with Crippen LogP contribution in [0.25, 0.3) is 0 Å². The van der Waals surface area contributed by atoms with Gasteiger partial charge >= 0.3 is 12.0 Å². The zero-order valence-corrected chi connectivity index (χ0v) is 12.1. The number of carboxylic acids is 1. The van der Waals surface area contributed by atoms with Crippen molar-refractivity contribution in [1.29, 1.82) is 0 Å². The highest BCUT2D eigenvalue weighted by Gasteiger charge is 2.35. The highest BCUT2D eigenvalue weighted by Crippen LogP contribution is 2.23. The minimum Gasteiger partial charge on any atom is -0.480 e. The van der Waals surface area contributed by atoms with Crippen LogP contribution in [-0.2, 0) is 4.79 Å². The summed E-state index contributed by atoms with van der Waals surface area (Å²) in [4.78, 5) is 24.7. The molecule has 0 aliphatic carbocycles. The maximum Gasteiger partial charge on any atom is 0.327 e. The fraction of sp³-hybridized carbons (Fsp3) is 0.429. The van der Waals surface area contributed by atoms with E-state index in [0.29, 0.717) is 11.6 Å². The second-order valence-corrected chi connectivity index (χ2v) is 5.64. The lowest BCUT2D eigenvalue weighted by Crippen LogP contribution is -2.47. The van der Waals surface area contributed by atoms with E-state index < -0.39 is 12.0 Å².